The summed E-state index contributed by atoms with van der Waals surface area (Å²) in [5.41, 5.74) is 6.77. The van der Waals surface area contributed by atoms with E-state index in [2.05, 4.69) is 15.3 Å². The summed E-state index contributed by atoms with van der Waals surface area (Å²) in [7, 11) is 0. The van der Waals surface area contributed by atoms with Gasteiger partial charge in [-0.2, -0.15) is 0 Å². The highest BCUT2D eigenvalue weighted by Gasteiger charge is 2.06. The number of oxime groups is 1. The molecule has 5 nitrogen and oxygen atoms in total. The smallest absolute Gasteiger partial charge is 0.380 e. The van der Waals surface area contributed by atoms with Gasteiger partial charge in [-0.3, -0.25) is 10.2 Å². The fourth-order valence-corrected chi connectivity index (χ4v) is 1.76. The summed E-state index contributed by atoms with van der Waals surface area (Å²) in [5, 5.41) is 6.72. The maximum Gasteiger partial charge on any atom is 0.437 e. The Labute approximate surface area is 131 Å². The average Bonchev–Trinajstić information content (AvgIpc) is 2.49. The molecule has 0 bridgehead atoms. The SMILES string of the molecule is N/C(=N\OC(=O)Nc1ccc(Cl)c(Cl)c1)c1ccccc1. The lowest BCUT2D eigenvalue weighted by molar-refractivity contribution is 0.166. The van der Waals surface area contributed by atoms with Gasteiger partial charge in [-0.15, -0.1) is 0 Å². The van der Waals surface area contributed by atoms with Gasteiger partial charge in [0.2, 0.25) is 0 Å². The van der Waals surface area contributed by atoms with Crippen molar-refractivity contribution >= 4 is 40.8 Å². The van der Waals surface area contributed by atoms with Crippen molar-refractivity contribution in [3.8, 4) is 0 Å². The average molecular weight is 324 g/mol. The van der Waals surface area contributed by atoms with Crippen molar-refractivity contribution in [3.63, 3.8) is 0 Å². The van der Waals surface area contributed by atoms with Crippen LogP contribution >= 0.6 is 23.2 Å². The molecule has 2 rings (SSSR count). The first-order chi connectivity index (χ1) is 10.1. The zero-order valence-corrected chi connectivity index (χ0v) is 12.2. The van der Waals surface area contributed by atoms with Gasteiger partial charge in [-0.05, 0) is 18.2 Å². The molecule has 0 aliphatic carbocycles. The van der Waals surface area contributed by atoms with Crippen LogP contribution in [0, 0.1) is 0 Å². The third kappa shape index (κ3) is 4.37. The zero-order valence-electron chi connectivity index (χ0n) is 10.7. The quantitative estimate of drug-likeness (QED) is 0.389. The molecular formula is C14H11Cl2N3O2. The summed E-state index contributed by atoms with van der Waals surface area (Å²) in [5.74, 6) is 0.0971. The van der Waals surface area contributed by atoms with Crippen LogP contribution in [-0.4, -0.2) is 11.9 Å². The van der Waals surface area contributed by atoms with Crippen LogP contribution in [0.5, 0.6) is 0 Å². The van der Waals surface area contributed by atoms with Crippen LogP contribution in [0.2, 0.25) is 10.0 Å². The number of nitrogens with zero attached hydrogens (tertiary/aromatic N) is 1. The van der Waals surface area contributed by atoms with Crippen LogP contribution in [0.15, 0.2) is 53.7 Å². The number of nitrogens with two attached hydrogens (primary N) is 1. The number of amidine groups is 1. The molecule has 0 aromatic heterocycles. The van der Waals surface area contributed by atoms with E-state index in [9.17, 15) is 4.79 Å². The van der Waals surface area contributed by atoms with Gasteiger partial charge in [-0.25, -0.2) is 4.79 Å². The van der Waals surface area contributed by atoms with Crippen LogP contribution in [-0.2, 0) is 4.84 Å². The van der Waals surface area contributed by atoms with Gasteiger partial charge in [0.1, 0.15) is 0 Å². The van der Waals surface area contributed by atoms with Gasteiger partial charge in [0.05, 0.1) is 10.0 Å². The maximum absolute atomic E-state index is 11.6. The number of carbonyl (C=O) groups excluding carboxylic acids is 1. The van der Waals surface area contributed by atoms with Gasteiger partial charge in [0.25, 0.3) is 0 Å². The summed E-state index contributed by atoms with van der Waals surface area (Å²) in [4.78, 5) is 16.2. The van der Waals surface area contributed by atoms with E-state index in [1.807, 2.05) is 6.07 Å². The molecule has 0 saturated carbocycles. The van der Waals surface area contributed by atoms with Crippen LogP contribution in [0.4, 0.5) is 10.5 Å². The maximum atomic E-state index is 11.6. The van der Waals surface area contributed by atoms with Crippen molar-refractivity contribution in [2.75, 3.05) is 5.32 Å². The highest BCUT2D eigenvalue weighted by molar-refractivity contribution is 6.42. The molecule has 2 aromatic carbocycles. The molecule has 2 aromatic rings. The number of amides is 1. The molecule has 0 aliphatic rings. The number of hydrogen-bond acceptors (Lipinski definition) is 3. The first-order valence-corrected chi connectivity index (χ1v) is 6.64. The fraction of sp³-hybridized carbons (Fsp3) is 0. The first-order valence-electron chi connectivity index (χ1n) is 5.88. The number of anilines is 1. The Kier molecular flexibility index (Phi) is 5.03. The topological polar surface area (TPSA) is 76.7 Å². The predicted molar refractivity (Wildman–Crippen MR) is 83.7 cm³/mol. The molecule has 0 fully saturated rings. The number of halogens is 2. The molecule has 3 N–H and O–H groups in total. The highest BCUT2D eigenvalue weighted by atomic mass is 35.5. The molecule has 0 saturated heterocycles. The Hall–Kier alpha value is -2.24. The number of benzene rings is 2. The van der Waals surface area contributed by atoms with Crippen LogP contribution < -0.4 is 11.1 Å². The molecule has 0 heterocycles. The van der Waals surface area contributed by atoms with Crippen molar-refractivity contribution in [2.45, 2.75) is 0 Å². The Balaban J connectivity index is 1.97. The normalized spacial score (nSPS) is 11.0. The lowest BCUT2D eigenvalue weighted by atomic mass is 10.2. The number of hydrogen-bond donors (Lipinski definition) is 2. The van der Waals surface area contributed by atoms with E-state index >= 15 is 0 Å². The molecular weight excluding hydrogens is 313 g/mol. The van der Waals surface area contributed by atoms with E-state index in [-0.39, 0.29) is 5.84 Å². The minimum absolute atomic E-state index is 0.0971. The van der Waals surface area contributed by atoms with E-state index in [4.69, 9.17) is 28.9 Å². The Morgan fingerprint density at radius 3 is 2.48 bits per heavy atom. The Morgan fingerprint density at radius 1 is 1.10 bits per heavy atom. The number of rotatable bonds is 3. The van der Waals surface area contributed by atoms with E-state index < -0.39 is 6.09 Å². The zero-order chi connectivity index (χ0) is 15.2. The van der Waals surface area contributed by atoms with Crippen LogP contribution in [0.1, 0.15) is 5.56 Å². The summed E-state index contributed by atoms with van der Waals surface area (Å²) >= 11 is 11.6. The molecule has 1 amide bonds. The lowest BCUT2D eigenvalue weighted by Gasteiger charge is -2.05. The van der Waals surface area contributed by atoms with Gasteiger partial charge in [0, 0.05) is 11.3 Å². The van der Waals surface area contributed by atoms with E-state index in [0.717, 1.165) is 0 Å². The second-order valence-electron chi connectivity index (χ2n) is 3.98. The van der Waals surface area contributed by atoms with Crippen molar-refractivity contribution < 1.29 is 9.63 Å². The van der Waals surface area contributed by atoms with Crippen LogP contribution in [0.3, 0.4) is 0 Å². The van der Waals surface area contributed by atoms with E-state index in [1.165, 1.54) is 6.07 Å². The third-order valence-electron chi connectivity index (χ3n) is 2.46. The van der Waals surface area contributed by atoms with Gasteiger partial charge >= 0.3 is 6.09 Å². The molecule has 108 valence electrons. The fourth-order valence-electron chi connectivity index (χ4n) is 1.47. The summed E-state index contributed by atoms with van der Waals surface area (Å²) in [6.45, 7) is 0. The number of carbonyl (C=O) groups is 1. The Bertz CT molecular complexity index is 675. The molecule has 7 heteroatoms. The summed E-state index contributed by atoms with van der Waals surface area (Å²) in [6, 6.07) is 13.6. The first kappa shape index (κ1) is 15.2. The summed E-state index contributed by atoms with van der Waals surface area (Å²) < 4.78 is 0. The second-order valence-corrected chi connectivity index (χ2v) is 4.79. The van der Waals surface area contributed by atoms with Gasteiger partial charge in [-0.1, -0.05) is 58.7 Å². The Morgan fingerprint density at radius 2 is 1.81 bits per heavy atom. The monoisotopic (exact) mass is 323 g/mol. The lowest BCUT2D eigenvalue weighted by Crippen LogP contribution is -2.17. The van der Waals surface area contributed by atoms with Gasteiger partial charge in [0.15, 0.2) is 5.84 Å². The molecule has 0 spiro atoms. The van der Waals surface area contributed by atoms with Crippen molar-refractivity contribution in [1.29, 1.82) is 0 Å². The number of nitrogens with one attached hydrogen (secondary N) is 1. The predicted octanol–water partition coefficient (Wildman–Crippen LogP) is 3.86. The molecule has 0 unspecified atom stereocenters. The van der Waals surface area contributed by atoms with Gasteiger partial charge < -0.3 is 5.73 Å². The standard InChI is InChI=1S/C14H11Cl2N3O2/c15-11-7-6-10(8-12(11)16)18-14(20)21-19-13(17)9-4-2-1-3-5-9/h1-8H,(H2,17,19)(H,18,20). The molecule has 0 aliphatic heterocycles. The third-order valence-corrected chi connectivity index (χ3v) is 3.20. The second kappa shape index (κ2) is 6.97. The van der Waals surface area contributed by atoms with Crippen molar-refractivity contribution in [2.24, 2.45) is 10.9 Å². The largest absolute Gasteiger partial charge is 0.437 e. The highest BCUT2D eigenvalue weighted by Crippen LogP contribution is 2.24. The van der Waals surface area contributed by atoms with Crippen molar-refractivity contribution in [3.05, 3.63) is 64.1 Å². The summed E-state index contributed by atoms with van der Waals surface area (Å²) in [6.07, 6.45) is -0.785. The van der Waals surface area contributed by atoms with Crippen LogP contribution in [0.25, 0.3) is 0 Å². The molecule has 21 heavy (non-hydrogen) atoms. The molecule has 0 radical (unpaired) electrons. The van der Waals surface area contributed by atoms with Crippen molar-refractivity contribution in [1.82, 2.24) is 0 Å². The minimum atomic E-state index is -0.785. The van der Waals surface area contributed by atoms with E-state index in [1.54, 1.807) is 36.4 Å². The van der Waals surface area contributed by atoms with E-state index in [0.29, 0.717) is 21.3 Å². The minimum Gasteiger partial charge on any atom is -0.380 e. The molecule has 0 atom stereocenters.